The van der Waals surface area contributed by atoms with Crippen LogP contribution in [0.15, 0.2) is 24.3 Å². The molecule has 1 amide bonds. The lowest BCUT2D eigenvalue weighted by molar-refractivity contribution is -0.127. The van der Waals surface area contributed by atoms with Crippen LogP contribution in [0.1, 0.15) is 50.7 Å². The molecule has 0 saturated heterocycles. The highest BCUT2D eigenvalue weighted by atomic mass is 19.1. The summed E-state index contributed by atoms with van der Waals surface area (Å²) >= 11 is 0. The van der Waals surface area contributed by atoms with Crippen LogP contribution in [0, 0.1) is 23.6 Å². The lowest BCUT2D eigenvalue weighted by Crippen LogP contribution is -2.39. The zero-order valence-corrected chi connectivity index (χ0v) is 13.0. The van der Waals surface area contributed by atoms with Gasteiger partial charge in [-0.3, -0.25) is 4.79 Å². The first-order valence-electron chi connectivity index (χ1n) is 8.28. The van der Waals surface area contributed by atoms with Crippen LogP contribution in [0.3, 0.4) is 0 Å². The van der Waals surface area contributed by atoms with E-state index >= 15 is 0 Å². The van der Waals surface area contributed by atoms with Gasteiger partial charge in [-0.05, 0) is 68.6 Å². The van der Waals surface area contributed by atoms with Crippen LogP contribution in [0.2, 0.25) is 0 Å². The largest absolute Gasteiger partial charge is 0.388 e. The maximum Gasteiger partial charge on any atom is 0.223 e. The SMILES string of the molecule is CC(CC(O)c1ccc(F)cc1)NC(=O)C(C1CC1)C1CC1. The van der Waals surface area contributed by atoms with Gasteiger partial charge >= 0.3 is 0 Å². The second-order valence-corrected chi connectivity index (χ2v) is 6.91. The number of hydrogen-bond donors (Lipinski definition) is 2. The van der Waals surface area contributed by atoms with Crippen molar-refractivity contribution in [1.29, 1.82) is 0 Å². The van der Waals surface area contributed by atoms with E-state index in [0.29, 0.717) is 23.8 Å². The lowest BCUT2D eigenvalue weighted by Gasteiger charge is -2.22. The third-order valence-corrected chi connectivity index (χ3v) is 4.78. The Balaban J connectivity index is 1.51. The first kappa shape index (κ1) is 15.5. The Bertz CT molecular complexity index is 510. The molecule has 0 heterocycles. The van der Waals surface area contributed by atoms with Crippen LogP contribution in [0.5, 0.6) is 0 Å². The molecule has 1 aromatic carbocycles. The number of nitrogens with one attached hydrogen (secondary N) is 1. The molecule has 2 saturated carbocycles. The molecule has 1 aromatic rings. The highest BCUT2D eigenvalue weighted by Gasteiger charge is 2.45. The maximum absolute atomic E-state index is 12.9. The molecule has 0 aromatic heterocycles. The van der Waals surface area contributed by atoms with E-state index < -0.39 is 6.10 Å². The van der Waals surface area contributed by atoms with Crippen molar-refractivity contribution < 1.29 is 14.3 Å². The summed E-state index contributed by atoms with van der Waals surface area (Å²) in [6.07, 6.45) is 4.49. The Morgan fingerprint density at radius 2 is 1.77 bits per heavy atom. The highest BCUT2D eigenvalue weighted by molar-refractivity contribution is 5.80. The Kier molecular flexibility index (Phi) is 4.48. The normalized spacial score (nSPS) is 20.7. The maximum atomic E-state index is 12.9. The van der Waals surface area contributed by atoms with Gasteiger partial charge in [-0.2, -0.15) is 0 Å². The van der Waals surface area contributed by atoms with E-state index in [9.17, 15) is 14.3 Å². The molecule has 120 valence electrons. The third kappa shape index (κ3) is 3.86. The van der Waals surface area contributed by atoms with Crippen molar-refractivity contribution in [3.8, 4) is 0 Å². The van der Waals surface area contributed by atoms with Gasteiger partial charge in [0.15, 0.2) is 0 Å². The molecule has 2 aliphatic rings. The number of benzene rings is 1. The molecule has 3 nitrogen and oxygen atoms in total. The van der Waals surface area contributed by atoms with E-state index in [1.54, 1.807) is 12.1 Å². The molecule has 4 heteroatoms. The van der Waals surface area contributed by atoms with Gasteiger partial charge in [0.05, 0.1) is 6.10 Å². The fraction of sp³-hybridized carbons (Fsp3) is 0.611. The smallest absolute Gasteiger partial charge is 0.223 e. The van der Waals surface area contributed by atoms with Crippen molar-refractivity contribution in [2.24, 2.45) is 17.8 Å². The van der Waals surface area contributed by atoms with Crippen molar-refractivity contribution in [3.63, 3.8) is 0 Å². The van der Waals surface area contributed by atoms with Crippen molar-refractivity contribution in [2.45, 2.75) is 51.2 Å². The fourth-order valence-electron chi connectivity index (χ4n) is 3.28. The summed E-state index contributed by atoms with van der Waals surface area (Å²) in [5.74, 6) is 1.20. The van der Waals surface area contributed by atoms with Gasteiger partial charge in [0, 0.05) is 12.0 Å². The predicted octanol–water partition coefficient (Wildman–Crippen LogP) is 3.19. The van der Waals surface area contributed by atoms with Crippen molar-refractivity contribution in [1.82, 2.24) is 5.32 Å². The van der Waals surface area contributed by atoms with E-state index in [0.717, 1.165) is 0 Å². The number of hydrogen-bond acceptors (Lipinski definition) is 2. The quantitative estimate of drug-likeness (QED) is 0.813. The molecule has 3 rings (SSSR count). The molecule has 2 N–H and O–H groups in total. The Labute approximate surface area is 130 Å². The summed E-state index contributed by atoms with van der Waals surface area (Å²) in [4.78, 5) is 12.4. The summed E-state index contributed by atoms with van der Waals surface area (Å²) < 4.78 is 12.9. The van der Waals surface area contributed by atoms with Crippen LogP contribution < -0.4 is 5.32 Å². The Hall–Kier alpha value is -1.42. The molecule has 0 bridgehead atoms. The van der Waals surface area contributed by atoms with E-state index in [1.165, 1.54) is 37.8 Å². The van der Waals surface area contributed by atoms with Gasteiger partial charge in [-0.1, -0.05) is 12.1 Å². The fourth-order valence-corrected chi connectivity index (χ4v) is 3.28. The van der Waals surface area contributed by atoms with Crippen molar-refractivity contribution in [3.05, 3.63) is 35.6 Å². The van der Waals surface area contributed by atoms with Gasteiger partial charge in [0.2, 0.25) is 5.91 Å². The lowest BCUT2D eigenvalue weighted by atomic mass is 9.96. The summed E-state index contributed by atoms with van der Waals surface area (Å²) in [6, 6.07) is 5.78. The van der Waals surface area contributed by atoms with Gasteiger partial charge < -0.3 is 10.4 Å². The van der Waals surface area contributed by atoms with E-state index in [4.69, 9.17) is 0 Å². The minimum atomic E-state index is -0.684. The van der Waals surface area contributed by atoms with Crippen molar-refractivity contribution >= 4 is 5.91 Å². The van der Waals surface area contributed by atoms with Gasteiger partial charge in [0.1, 0.15) is 5.82 Å². The molecular formula is C18H24FNO2. The number of amides is 1. The summed E-state index contributed by atoms with van der Waals surface area (Å²) in [5.41, 5.74) is 0.684. The molecular weight excluding hydrogens is 281 g/mol. The summed E-state index contributed by atoms with van der Waals surface area (Å²) in [5, 5.41) is 13.3. The monoisotopic (exact) mass is 305 g/mol. The van der Waals surface area contributed by atoms with E-state index in [-0.39, 0.29) is 23.7 Å². The minimum absolute atomic E-state index is 0.0902. The molecule has 2 unspecified atom stereocenters. The first-order valence-corrected chi connectivity index (χ1v) is 8.28. The zero-order valence-electron chi connectivity index (χ0n) is 13.0. The topological polar surface area (TPSA) is 49.3 Å². The summed E-state index contributed by atoms with van der Waals surface area (Å²) in [7, 11) is 0. The third-order valence-electron chi connectivity index (χ3n) is 4.78. The standard InChI is InChI=1S/C18H24FNO2/c1-11(10-16(21)12-6-8-15(19)9-7-12)20-18(22)17(13-2-3-13)14-4-5-14/h6-9,11,13-14,16-17,21H,2-5,10H2,1H3,(H,20,22). The second-order valence-electron chi connectivity index (χ2n) is 6.91. The Morgan fingerprint density at radius 1 is 1.23 bits per heavy atom. The van der Waals surface area contributed by atoms with Crippen LogP contribution in [0.25, 0.3) is 0 Å². The second kappa shape index (κ2) is 6.37. The van der Waals surface area contributed by atoms with Gasteiger partial charge in [-0.25, -0.2) is 4.39 Å². The number of halogens is 1. The molecule has 2 aliphatic carbocycles. The molecule has 0 radical (unpaired) electrons. The Morgan fingerprint density at radius 3 is 2.27 bits per heavy atom. The first-order chi connectivity index (χ1) is 10.5. The highest BCUT2D eigenvalue weighted by Crippen LogP contribution is 2.49. The van der Waals surface area contributed by atoms with Crippen LogP contribution in [-0.4, -0.2) is 17.1 Å². The van der Waals surface area contributed by atoms with Gasteiger partial charge in [0.25, 0.3) is 0 Å². The molecule has 22 heavy (non-hydrogen) atoms. The van der Waals surface area contributed by atoms with E-state index in [2.05, 4.69) is 5.32 Å². The predicted molar refractivity (Wildman–Crippen MR) is 82.5 cm³/mol. The summed E-state index contributed by atoms with van der Waals surface area (Å²) in [6.45, 7) is 1.92. The number of aliphatic hydroxyl groups excluding tert-OH is 1. The number of carbonyl (C=O) groups excluding carboxylic acids is 1. The van der Waals surface area contributed by atoms with Crippen molar-refractivity contribution in [2.75, 3.05) is 0 Å². The van der Waals surface area contributed by atoms with Crippen LogP contribution in [-0.2, 0) is 4.79 Å². The van der Waals surface area contributed by atoms with Crippen LogP contribution >= 0.6 is 0 Å². The molecule has 2 atom stereocenters. The average Bonchev–Trinajstić information content (AvgIpc) is 3.34. The molecule has 0 spiro atoms. The zero-order chi connectivity index (χ0) is 15.7. The number of carbonyl (C=O) groups is 1. The number of rotatable bonds is 7. The van der Waals surface area contributed by atoms with Gasteiger partial charge in [-0.15, -0.1) is 0 Å². The molecule has 2 fully saturated rings. The minimum Gasteiger partial charge on any atom is -0.388 e. The number of aliphatic hydroxyl groups is 1. The van der Waals surface area contributed by atoms with E-state index in [1.807, 2.05) is 6.92 Å². The molecule has 0 aliphatic heterocycles. The average molecular weight is 305 g/mol. The van der Waals surface area contributed by atoms with Crippen LogP contribution in [0.4, 0.5) is 4.39 Å².